The molecule has 0 atom stereocenters. The number of benzene rings is 2. The number of imidazole rings is 1. The van der Waals surface area contributed by atoms with Crippen LogP contribution >= 0.6 is 0 Å². The first-order chi connectivity index (χ1) is 27.0. The van der Waals surface area contributed by atoms with E-state index < -0.39 is 35.2 Å². The number of piperazine rings is 1. The highest BCUT2D eigenvalue weighted by molar-refractivity contribution is 6.04. The second kappa shape index (κ2) is 14.7. The van der Waals surface area contributed by atoms with E-state index in [0.717, 1.165) is 17.2 Å². The van der Waals surface area contributed by atoms with E-state index in [0.29, 0.717) is 44.2 Å². The minimum absolute atomic E-state index is 0.0350. The van der Waals surface area contributed by atoms with Crippen molar-refractivity contribution in [3.05, 3.63) is 94.9 Å². The summed E-state index contributed by atoms with van der Waals surface area (Å²) in [6, 6.07) is 13.0. The van der Waals surface area contributed by atoms with Gasteiger partial charge in [-0.1, -0.05) is 6.07 Å². The Hall–Kier alpha value is -6.72. The monoisotopic (exact) mass is 785 g/mol. The highest BCUT2D eigenvalue weighted by Gasteiger charge is 2.37. The Morgan fingerprint density at radius 1 is 0.860 bits per heavy atom. The number of halogens is 3. The zero-order valence-corrected chi connectivity index (χ0v) is 31.6. The van der Waals surface area contributed by atoms with Crippen LogP contribution in [0.25, 0.3) is 38.8 Å². The highest BCUT2D eigenvalue weighted by atomic mass is 19.4. The Kier molecular flexibility index (Phi) is 9.97. The third kappa shape index (κ3) is 7.74. The van der Waals surface area contributed by atoms with Gasteiger partial charge in [0.2, 0.25) is 11.8 Å². The molecule has 57 heavy (non-hydrogen) atoms. The third-order valence-corrected chi connectivity index (χ3v) is 9.49. The summed E-state index contributed by atoms with van der Waals surface area (Å²) < 4.78 is 57.6. The van der Waals surface area contributed by atoms with E-state index in [9.17, 15) is 32.7 Å². The lowest BCUT2D eigenvalue weighted by Gasteiger charge is -2.37. The van der Waals surface area contributed by atoms with E-state index in [1.54, 1.807) is 55.9 Å². The number of hydrogen-bond donors (Lipinski definition) is 1. The maximum absolute atomic E-state index is 14.9. The summed E-state index contributed by atoms with van der Waals surface area (Å²) in [5.74, 6) is 0.740. The smallest absolute Gasteiger partial charge is 0.420 e. The van der Waals surface area contributed by atoms with Crippen molar-refractivity contribution < 1.29 is 37.3 Å². The van der Waals surface area contributed by atoms with Crippen LogP contribution in [-0.4, -0.2) is 90.2 Å². The van der Waals surface area contributed by atoms with E-state index in [4.69, 9.17) is 9.47 Å². The van der Waals surface area contributed by atoms with Gasteiger partial charge in [-0.15, -0.1) is 0 Å². The standard InChI is InChI=1S/C39H38F3N9O6/c1-38(2,3)57-37(55)50(36(53)54)22-23-18-45-34(46-19-23)49-14-12-48(13-15-49)30-10-8-26(17-28(30)39(40,41)42)51-33-27-16-24(25-7-11-32(56-5)44-20-25)6-9-29(27)43-21-31(33)47(4)35(51)52/h6-11,16-21H,12-15,22H2,1-5H3,(H,53,54). The second-order valence-electron chi connectivity index (χ2n) is 14.4. The fourth-order valence-corrected chi connectivity index (χ4v) is 6.70. The molecule has 2 aromatic carbocycles. The fraction of sp³-hybridized carbons (Fsp3) is 0.308. The number of amides is 2. The van der Waals surface area contributed by atoms with Gasteiger partial charge in [0.15, 0.2) is 0 Å². The normalized spacial score (nSPS) is 13.6. The number of hydrogen-bond acceptors (Lipinski definition) is 11. The summed E-state index contributed by atoms with van der Waals surface area (Å²) in [6.45, 7) is 5.49. The predicted molar refractivity (Wildman–Crippen MR) is 205 cm³/mol. The number of aryl methyl sites for hydroxylation is 1. The molecule has 0 saturated carbocycles. The summed E-state index contributed by atoms with van der Waals surface area (Å²) in [4.78, 5) is 59.3. The van der Waals surface area contributed by atoms with Crippen LogP contribution in [0.2, 0.25) is 0 Å². The van der Waals surface area contributed by atoms with Gasteiger partial charge in [-0.05, 0) is 62.7 Å². The van der Waals surface area contributed by atoms with E-state index >= 15 is 0 Å². The van der Waals surface area contributed by atoms with Crippen molar-refractivity contribution in [2.45, 2.75) is 39.1 Å². The molecule has 0 radical (unpaired) electrons. The van der Waals surface area contributed by atoms with Crippen molar-refractivity contribution in [3.63, 3.8) is 0 Å². The molecule has 0 aliphatic carbocycles. The van der Waals surface area contributed by atoms with Crippen LogP contribution in [0.3, 0.4) is 0 Å². The first-order valence-electron chi connectivity index (χ1n) is 17.8. The maximum Gasteiger partial charge on any atom is 0.420 e. The first-order valence-corrected chi connectivity index (χ1v) is 17.8. The van der Waals surface area contributed by atoms with Gasteiger partial charge >= 0.3 is 24.1 Å². The van der Waals surface area contributed by atoms with Crippen molar-refractivity contribution in [1.29, 1.82) is 0 Å². The van der Waals surface area contributed by atoms with Crippen molar-refractivity contribution in [2.75, 3.05) is 43.1 Å². The molecule has 15 nitrogen and oxygen atoms in total. The van der Waals surface area contributed by atoms with Crippen LogP contribution in [0.4, 0.5) is 34.4 Å². The summed E-state index contributed by atoms with van der Waals surface area (Å²) >= 11 is 0. The van der Waals surface area contributed by atoms with Crippen LogP contribution in [0.1, 0.15) is 31.9 Å². The van der Waals surface area contributed by atoms with Gasteiger partial charge in [0.25, 0.3) is 0 Å². The van der Waals surface area contributed by atoms with Crippen molar-refractivity contribution >= 4 is 45.8 Å². The van der Waals surface area contributed by atoms with Crippen LogP contribution in [0.5, 0.6) is 5.88 Å². The molecule has 4 aromatic heterocycles. The fourth-order valence-electron chi connectivity index (χ4n) is 6.70. The predicted octanol–water partition coefficient (Wildman–Crippen LogP) is 6.50. The molecule has 0 bridgehead atoms. The maximum atomic E-state index is 14.9. The Bertz CT molecular complexity index is 2540. The van der Waals surface area contributed by atoms with E-state index in [2.05, 4.69) is 19.9 Å². The molecule has 1 fully saturated rings. The van der Waals surface area contributed by atoms with Gasteiger partial charge in [0.05, 0.1) is 47.7 Å². The Morgan fingerprint density at radius 2 is 1.54 bits per heavy atom. The number of carbonyl (C=O) groups excluding carboxylic acids is 1. The van der Waals surface area contributed by atoms with E-state index in [-0.39, 0.29) is 44.1 Å². The molecule has 296 valence electrons. The van der Waals surface area contributed by atoms with Gasteiger partial charge in [0, 0.05) is 80.1 Å². The lowest BCUT2D eigenvalue weighted by Crippen LogP contribution is -2.47. The zero-order chi connectivity index (χ0) is 40.8. The van der Waals surface area contributed by atoms with Crippen molar-refractivity contribution in [1.82, 2.24) is 34.0 Å². The number of methoxy groups -OCH3 is 1. The minimum atomic E-state index is -4.75. The SMILES string of the molecule is COc1ccc(-c2ccc3ncc4c(c3c2)n(-c2ccc(N3CCN(c5ncc(CN(C(=O)O)C(=O)OC(C)(C)C)cn5)CC3)c(C(F)(F)F)c2)c(=O)n4C)cn1. The number of rotatable bonds is 7. The topological polar surface area (TPSA) is 161 Å². The number of nitrogens with zero attached hydrogens (tertiary/aromatic N) is 9. The molecule has 0 unspecified atom stereocenters. The minimum Gasteiger partial charge on any atom is -0.481 e. The largest absolute Gasteiger partial charge is 0.481 e. The number of carbonyl (C=O) groups is 2. The lowest BCUT2D eigenvalue weighted by molar-refractivity contribution is -0.137. The number of ether oxygens (including phenoxy) is 2. The van der Waals surface area contributed by atoms with Crippen molar-refractivity contribution in [3.8, 4) is 22.7 Å². The number of pyridine rings is 2. The van der Waals surface area contributed by atoms with Crippen LogP contribution in [-0.2, 0) is 24.5 Å². The molecular formula is C39H38F3N9O6. The Labute approximate surface area is 323 Å². The lowest BCUT2D eigenvalue weighted by atomic mass is 10.0. The highest BCUT2D eigenvalue weighted by Crippen LogP contribution is 2.39. The molecule has 6 aromatic rings. The molecule has 1 N–H and O–H groups in total. The van der Waals surface area contributed by atoms with Crippen LogP contribution in [0.15, 0.2) is 78.1 Å². The molecule has 18 heteroatoms. The Balaban J connectivity index is 1.15. The molecule has 2 amide bonds. The van der Waals surface area contributed by atoms with Gasteiger partial charge in [0.1, 0.15) is 5.60 Å². The number of imide groups is 1. The molecular weight excluding hydrogens is 747 g/mol. The van der Waals surface area contributed by atoms with Crippen molar-refractivity contribution in [2.24, 2.45) is 7.05 Å². The number of aromatic nitrogens is 6. The molecule has 0 spiro atoms. The molecule has 1 saturated heterocycles. The molecule has 1 aliphatic rings. The molecule has 1 aliphatic heterocycles. The average molecular weight is 786 g/mol. The quantitative estimate of drug-likeness (QED) is 0.188. The van der Waals surface area contributed by atoms with E-state index in [1.807, 2.05) is 18.2 Å². The second-order valence-corrected chi connectivity index (χ2v) is 14.4. The zero-order valence-electron chi connectivity index (χ0n) is 31.6. The van der Waals surface area contributed by atoms with E-state index in [1.165, 1.54) is 47.0 Å². The third-order valence-electron chi connectivity index (χ3n) is 9.49. The first kappa shape index (κ1) is 38.6. The van der Waals surface area contributed by atoms with Gasteiger partial charge in [-0.25, -0.2) is 34.2 Å². The molecule has 7 rings (SSSR count). The van der Waals surface area contributed by atoms with Crippen LogP contribution < -0.4 is 20.2 Å². The van der Waals surface area contributed by atoms with Gasteiger partial charge < -0.3 is 24.4 Å². The summed E-state index contributed by atoms with van der Waals surface area (Å²) in [6.07, 6.45) is -1.32. The Morgan fingerprint density at radius 3 is 2.16 bits per heavy atom. The molecule has 5 heterocycles. The number of alkyl halides is 3. The average Bonchev–Trinajstić information content (AvgIpc) is 3.44. The van der Waals surface area contributed by atoms with Gasteiger partial charge in [-0.2, -0.15) is 13.2 Å². The summed E-state index contributed by atoms with van der Waals surface area (Å²) in [7, 11) is 3.07. The number of anilines is 2. The van der Waals surface area contributed by atoms with Gasteiger partial charge in [-0.3, -0.25) is 14.1 Å². The van der Waals surface area contributed by atoms with Crippen LogP contribution in [0, 0.1) is 0 Å². The number of fused-ring (bicyclic) bond motifs is 3. The summed E-state index contributed by atoms with van der Waals surface area (Å²) in [5, 5.41) is 10.1. The summed E-state index contributed by atoms with van der Waals surface area (Å²) in [5.41, 5.74) is 0.982. The number of carboxylic acid groups (broad SMARTS) is 1.